The summed E-state index contributed by atoms with van der Waals surface area (Å²) in [5, 5.41) is 8.02. The molecule has 0 bridgehead atoms. The van der Waals surface area contributed by atoms with E-state index in [1.54, 1.807) is 4.68 Å². The smallest absolute Gasteiger partial charge is 0.278 e. The van der Waals surface area contributed by atoms with Crippen molar-refractivity contribution in [1.82, 2.24) is 15.0 Å². The van der Waals surface area contributed by atoms with E-state index < -0.39 is 0 Å². The van der Waals surface area contributed by atoms with Crippen LogP contribution in [0, 0.1) is 6.92 Å². The van der Waals surface area contributed by atoms with Crippen LogP contribution in [0.5, 0.6) is 0 Å². The van der Waals surface area contributed by atoms with E-state index in [2.05, 4.69) is 26.2 Å². The number of rotatable bonds is 2. The van der Waals surface area contributed by atoms with Gasteiger partial charge in [0, 0.05) is 23.2 Å². The number of aromatic nitrogens is 3. The van der Waals surface area contributed by atoms with Crippen molar-refractivity contribution in [3.05, 3.63) is 39.6 Å². The highest BCUT2D eigenvalue weighted by Crippen LogP contribution is 2.34. The van der Waals surface area contributed by atoms with E-state index >= 15 is 0 Å². The van der Waals surface area contributed by atoms with E-state index in [0.29, 0.717) is 24.5 Å². The maximum Gasteiger partial charge on any atom is 0.278 e. The van der Waals surface area contributed by atoms with Gasteiger partial charge in [0.15, 0.2) is 0 Å². The lowest BCUT2D eigenvalue weighted by atomic mass is 10.2. The molecule has 5 nitrogen and oxygen atoms in total. The first-order chi connectivity index (χ1) is 9.63. The maximum atomic E-state index is 12.8. The maximum absolute atomic E-state index is 12.8. The molecule has 1 aliphatic rings. The lowest BCUT2D eigenvalue weighted by Gasteiger charge is -2.18. The van der Waals surface area contributed by atoms with Crippen LogP contribution >= 0.6 is 15.9 Å². The normalized spacial score (nSPS) is 13.7. The molecule has 0 saturated carbocycles. The Kier molecular flexibility index (Phi) is 3.33. The second kappa shape index (κ2) is 5.01. The van der Waals surface area contributed by atoms with Crippen LogP contribution in [0.4, 0.5) is 5.69 Å². The molecule has 104 valence electrons. The fourth-order valence-electron chi connectivity index (χ4n) is 2.62. The molecule has 2 heterocycles. The number of hydrogen-bond donors (Lipinski definition) is 0. The predicted octanol–water partition coefficient (Wildman–Crippen LogP) is 2.57. The largest absolute Gasteiger partial charge is 0.306 e. The van der Waals surface area contributed by atoms with Gasteiger partial charge in [-0.2, -0.15) is 0 Å². The van der Waals surface area contributed by atoms with E-state index in [0.717, 1.165) is 16.6 Å². The molecular weight excluding hydrogens is 320 g/mol. The van der Waals surface area contributed by atoms with Crippen LogP contribution in [0.15, 0.2) is 22.7 Å². The van der Waals surface area contributed by atoms with Crippen LogP contribution in [0.3, 0.4) is 0 Å². The molecule has 0 spiro atoms. The molecule has 20 heavy (non-hydrogen) atoms. The lowest BCUT2D eigenvalue weighted by molar-refractivity contribution is 0.0978. The Bertz CT molecular complexity index is 680. The van der Waals surface area contributed by atoms with Crippen molar-refractivity contribution in [3.63, 3.8) is 0 Å². The number of amides is 1. The van der Waals surface area contributed by atoms with E-state index in [1.165, 1.54) is 5.56 Å². The molecular formula is C14H15BrN4O. The zero-order chi connectivity index (χ0) is 14.3. The third kappa shape index (κ3) is 1.95. The Labute approximate surface area is 125 Å². The number of benzene rings is 1. The second-order valence-corrected chi connectivity index (χ2v) is 5.64. The van der Waals surface area contributed by atoms with Crippen molar-refractivity contribution in [3.8, 4) is 0 Å². The van der Waals surface area contributed by atoms with Gasteiger partial charge >= 0.3 is 0 Å². The molecule has 1 aromatic heterocycles. The summed E-state index contributed by atoms with van der Waals surface area (Å²) in [4.78, 5) is 14.6. The Morgan fingerprint density at radius 2 is 2.25 bits per heavy atom. The number of fused-ring (bicyclic) bond motifs is 1. The first-order valence-corrected chi connectivity index (χ1v) is 7.42. The summed E-state index contributed by atoms with van der Waals surface area (Å²) >= 11 is 3.55. The molecule has 0 saturated heterocycles. The van der Waals surface area contributed by atoms with E-state index in [9.17, 15) is 4.79 Å². The highest BCUT2D eigenvalue weighted by Gasteiger charge is 2.30. The molecule has 0 N–H and O–H groups in total. The third-order valence-electron chi connectivity index (χ3n) is 3.62. The SMILES string of the molecule is CCn1nnc(C)c1C(=O)N1CCc2c(Br)cccc21. The molecule has 2 aromatic rings. The van der Waals surface area contributed by atoms with Gasteiger partial charge in [-0.05, 0) is 38.0 Å². The summed E-state index contributed by atoms with van der Waals surface area (Å²) in [6.45, 7) is 5.12. The van der Waals surface area contributed by atoms with E-state index in [4.69, 9.17) is 0 Å². The van der Waals surface area contributed by atoms with E-state index in [1.807, 2.05) is 36.9 Å². The van der Waals surface area contributed by atoms with Crippen molar-refractivity contribution in [2.24, 2.45) is 0 Å². The van der Waals surface area contributed by atoms with Crippen LogP contribution < -0.4 is 4.90 Å². The van der Waals surface area contributed by atoms with Crippen LogP contribution in [0.1, 0.15) is 28.7 Å². The first kappa shape index (κ1) is 13.3. The molecule has 3 rings (SSSR count). The predicted molar refractivity (Wildman–Crippen MR) is 80.0 cm³/mol. The molecule has 1 amide bonds. The van der Waals surface area contributed by atoms with Crippen molar-refractivity contribution >= 4 is 27.5 Å². The van der Waals surface area contributed by atoms with Gasteiger partial charge in [-0.1, -0.05) is 27.2 Å². The van der Waals surface area contributed by atoms with Crippen LogP contribution in [-0.4, -0.2) is 27.4 Å². The van der Waals surface area contributed by atoms with Gasteiger partial charge in [0.1, 0.15) is 5.69 Å². The van der Waals surface area contributed by atoms with Gasteiger partial charge in [0.2, 0.25) is 0 Å². The number of nitrogens with zero attached hydrogens (tertiary/aromatic N) is 4. The molecule has 0 aliphatic carbocycles. The van der Waals surface area contributed by atoms with Crippen LogP contribution in [0.2, 0.25) is 0 Å². The minimum Gasteiger partial charge on any atom is -0.306 e. The Morgan fingerprint density at radius 3 is 3.00 bits per heavy atom. The number of aryl methyl sites for hydroxylation is 2. The Balaban J connectivity index is 2.02. The Hall–Kier alpha value is -1.69. The number of carbonyl (C=O) groups is 1. The highest BCUT2D eigenvalue weighted by atomic mass is 79.9. The molecule has 1 aliphatic heterocycles. The monoisotopic (exact) mass is 334 g/mol. The summed E-state index contributed by atoms with van der Waals surface area (Å²) in [5.41, 5.74) is 3.43. The number of halogens is 1. The topological polar surface area (TPSA) is 51.0 Å². The van der Waals surface area contributed by atoms with Crippen molar-refractivity contribution < 1.29 is 4.79 Å². The molecule has 1 aromatic carbocycles. The molecule has 0 radical (unpaired) electrons. The average molecular weight is 335 g/mol. The lowest BCUT2D eigenvalue weighted by Crippen LogP contribution is -2.31. The van der Waals surface area contributed by atoms with Gasteiger partial charge in [-0.3, -0.25) is 4.79 Å². The van der Waals surface area contributed by atoms with E-state index in [-0.39, 0.29) is 5.91 Å². The third-order valence-corrected chi connectivity index (χ3v) is 4.36. The number of anilines is 1. The standard InChI is InChI=1S/C14H15BrN4O/c1-3-19-13(9(2)16-17-19)14(20)18-8-7-10-11(15)5-4-6-12(10)18/h4-6H,3,7-8H2,1-2H3. The number of carbonyl (C=O) groups excluding carboxylic acids is 1. The summed E-state index contributed by atoms with van der Waals surface area (Å²) in [7, 11) is 0. The molecule has 0 fully saturated rings. The average Bonchev–Trinajstić information content (AvgIpc) is 3.02. The van der Waals surface area contributed by atoms with Crippen molar-refractivity contribution in [2.75, 3.05) is 11.4 Å². The van der Waals surface area contributed by atoms with Crippen molar-refractivity contribution in [1.29, 1.82) is 0 Å². The molecule has 0 unspecified atom stereocenters. The zero-order valence-corrected chi connectivity index (χ0v) is 13.0. The summed E-state index contributed by atoms with van der Waals surface area (Å²) < 4.78 is 2.72. The van der Waals surface area contributed by atoms with Gasteiger partial charge in [-0.25, -0.2) is 4.68 Å². The van der Waals surface area contributed by atoms with Crippen LogP contribution in [-0.2, 0) is 13.0 Å². The fraction of sp³-hybridized carbons (Fsp3) is 0.357. The number of hydrogen-bond acceptors (Lipinski definition) is 3. The second-order valence-electron chi connectivity index (χ2n) is 4.78. The summed E-state index contributed by atoms with van der Waals surface area (Å²) in [6.07, 6.45) is 0.870. The van der Waals surface area contributed by atoms with Crippen molar-refractivity contribution in [2.45, 2.75) is 26.8 Å². The summed E-state index contributed by atoms with van der Waals surface area (Å²) in [5.74, 6) is -0.0220. The minimum atomic E-state index is -0.0220. The molecule has 0 atom stereocenters. The van der Waals surface area contributed by atoms with Gasteiger partial charge in [0.25, 0.3) is 5.91 Å². The Morgan fingerprint density at radius 1 is 1.45 bits per heavy atom. The van der Waals surface area contributed by atoms with Gasteiger partial charge in [-0.15, -0.1) is 5.10 Å². The minimum absolute atomic E-state index is 0.0220. The fourth-order valence-corrected chi connectivity index (χ4v) is 3.17. The zero-order valence-electron chi connectivity index (χ0n) is 11.4. The summed E-state index contributed by atoms with van der Waals surface area (Å²) in [6, 6.07) is 5.95. The highest BCUT2D eigenvalue weighted by molar-refractivity contribution is 9.10. The quantitative estimate of drug-likeness (QED) is 0.848. The van der Waals surface area contributed by atoms with Crippen LogP contribution in [0.25, 0.3) is 0 Å². The van der Waals surface area contributed by atoms with Gasteiger partial charge in [0.05, 0.1) is 5.69 Å². The van der Waals surface area contributed by atoms with Gasteiger partial charge < -0.3 is 4.90 Å². The first-order valence-electron chi connectivity index (χ1n) is 6.62. The molecule has 6 heteroatoms.